The molecule has 0 fully saturated rings. The topological polar surface area (TPSA) is 78.8 Å². The van der Waals surface area contributed by atoms with Crippen LogP contribution in [0.2, 0.25) is 0 Å². The SMILES string of the molecule is C=CC(=O)Nc1ccc(B(O)O)cc1OC. The Morgan fingerprint density at radius 2 is 2.25 bits per heavy atom. The monoisotopic (exact) mass is 221 g/mol. The maximum Gasteiger partial charge on any atom is 0.488 e. The Morgan fingerprint density at radius 3 is 2.75 bits per heavy atom. The summed E-state index contributed by atoms with van der Waals surface area (Å²) in [6.07, 6.45) is 1.13. The van der Waals surface area contributed by atoms with E-state index in [2.05, 4.69) is 11.9 Å². The Balaban J connectivity index is 3.01. The predicted molar refractivity (Wildman–Crippen MR) is 61.6 cm³/mol. The van der Waals surface area contributed by atoms with Gasteiger partial charge >= 0.3 is 7.12 Å². The third-order valence-electron chi connectivity index (χ3n) is 1.97. The molecule has 84 valence electrons. The Labute approximate surface area is 93.5 Å². The lowest BCUT2D eigenvalue weighted by Gasteiger charge is -2.10. The molecule has 1 aromatic carbocycles. The van der Waals surface area contributed by atoms with Gasteiger partial charge in [-0.25, -0.2) is 0 Å². The second-order valence-electron chi connectivity index (χ2n) is 3.03. The van der Waals surface area contributed by atoms with Gasteiger partial charge in [0.15, 0.2) is 0 Å². The van der Waals surface area contributed by atoms with Crippen LogP contribution in [0.5, 0.6) is 5.75 Å². The number of ether oxygens (including phenoxy) is 1. The van der Waals surface area contributed by atoms with Crippen molar-refractivity contribution in [3.63, 3.8) is 0 Å². The van der Waals surface area contributed by atoms with Crippen molar-refractivity contribution in [1.82, 2.24) is 0 Å². The van der Waals surface area contributed by atoms with Crippen LogP contribution in [0.15, 0.2) is 30.9 Å². The van der Waals surface area contributed by atoms with E-state index in [1.807, 2.05) is 0 Å². The lowest BCUT2D eigenvalue weighted by atomic mass is 9.80. The largest absolute Gasteiger partial charge is 0.495 e. The van der Waals surface area contributed by atoms with Gasteiger partial charge in [0.25, 0.3) is 0 Å². The fourth-order valence-electron chi connectivity index (χ4n) is 1.16. The lowest BCUT2D eigenvalue weighted by Crippen LogP contribution is -2.29. The average molecular weight is 221 g/mol. The van der Waals surface area contributed by atoms with Crippen molar-refractivity contribution in [2.24, 2.45) is 0 Å². The van der Waals surface area contributed by atoms with E-state index < -0.39 is 7.12 Å². The number of carbonyl (C=O) groups excluding carboxylic acids is 1. The highest BCUT2D eigenvalue weighted by Crippen LogP contribution is 2.22. The number of rotatable bonds is 4. The van der Waals surface area contributed by atoms with Crippen LogP contribution in [0.4, 0.5) is 5.69 Å². The fraction of sp³-hybridized carbons (Fsp3) is 0.100. The number of amides is 1. The van der Waals surface area contributed by atoms with Crippen LogP contribution in [-0.4, -0.2) is 30.2 Å². The summed E-state index contributed by atoms with van der Waals surface area (Å²) in [5, 5.41) is 20.5. The van der Waals surface area contributed by atoms with E-state index in [4.69, 9.17) is 14.8 Å². The van der Waals surface area contributed by atoms with E-state index in [1.165, 1.54) is 25.3 Å². The molecule has 0 aliphatic heterocycles. The van der Waals surface area contributed by atoms with Gasteiger partial charge in [-0.3, -0.25) is 4.79 Å². The van der Waals surface area contributed by atoms with Crippen molar-refractivity contribution < 1.29 is 19.6 Å². The van der Waals surface area contributed by atoms with Gasteiger partial charge in [-0.05, 0) is 23.7 Å². The first-order valence-corrected chi connectivity index (χ1v) is 4.56. The minimum absolute atomic E-state index is 0.286. The molecule has 3 N–H and O–H groups in total. The smallest absolute Gasteiger partial charge is 0.488 e. The van der Waals surface area contributed by atoms with Crippen molar-refractivity contribution in [1.29, 1.82) is 0 Å². The Hall–Kier alpha value is -1.79. The third-order valence-corrected chi connectivity index (χ3v) is 1.97. The molecule has 0 radical (unpaired) electrons. The van der Waals surface area contributed by atoms with Gasteiger partial charge < -0.3 is 20.1 Å². The normalized spacial score (nSPS) is 9.44. The fourth-order valence-corrected chi connectivity index (χ4v) is 1.16. The van der Waals surface area contributed by atoms with E-state index in [1.54, 1.807) is 0 Å². The quantitative estimate of drug-likeness (QED) is 0.473. The summed E-state index contributed by atoms with van der Waals surface area (Å²) in [5.41, 5.74) is 0.727. The Bertz CT molecular complexity index is 406. The number of methoxy groups -OCH3 is 1. The van der Waals surface area contributed by atoms with E-state index in [0.29, 0.717) is 11.4 Å². The first-order valence-electron chi connectivity index (χ1n) is 4.56. The first-order chi connectivity index (χ1) is 7.58. The summed E-state index contributed by atoms with van der Waals surface area (Å²) >= 11 is 0. The van der Waals surface area contributed by atoms with Gasteiger partial charge in [0, 0.05) is 0 Å². The van der Waals surface area contributed by atoms with Crippen molar-refractivity contribution in [2.75, 3.05) is 12.4 Å². The second-order valence-corrected chi connectivity index (χ2v) is 3.03. The van der Waals surface area contributed by atoms with Crippen molar-refractivity contribution in [3.8, 4) is 5.75 Å². The molecule has 0 aliphatic rings. The maximum atomic E-state index is 11.1. The molecule has 1 aromatic rings. The van der Waals surface area contributed by atoms with Crippen LogP contribution in [0.1, 0.15) is 0 Å². The molecule has 1 amide bonds. The highest BCUT2D eigenvalue weighted by Gasteiger charge is 2.14. The number of anilines is 1. The van der Waals surface area contributed by atoms with Crippen LogP contribution < -0.4 is 15.5 Å². The van der Waals surface area contributed by atoms with Gasteiger partial charge in [0.2, 0.25) is 5.91 Å². The number of hydrogen-bond acceptors (Lipinski definition) is 4. The van der Waals surface area contributed by atoms with Crippen LogP contribution >= 0.6 is 0 Å². The van der Waals surface area contributed by atoms with Crippen LogP contribution in [0.25, 0.3) is 0 Å². The Kier molecular flexibility index (Phi) is 4.10. The van der Waals surface area contributed by atoms with E-state index in [0.717, 1.165) is 6.08 Å². The summed E-state index contributed by atoms with van der Waals surface area (Å²) in [4.78, 5) is 11.1. The lowest BCUT2D eigenvalue weighted by molar-refractivity contribution is -0.111. The van der Waals surface area contributed by atoms with Crippen LogP contribution in [0.3, 0.4) is 0 Å². The van der Waals surface area contributed by atoms with Gasteiger partial charge in [-0.2, -0.15) is 0 Å². The molecular weight excluding hydrogens is 209 g/mol. The summed E-state index contributed by atoms with van der Waals surface area (Å²) in [6, 6.07) is 4.43. The summed E-state index contributed by atoms with van der Waals surface area (Å²) in [7, 11) is -0.148. The third kappa shape index (κ3) is 2.85. The number of benzene rings is 1. The van der Waals surface area contributed by atoms with E-state index >= 15 is 0 Å². The van der Waals surface area contributed by atoms with Crippen molar-refractivity contribution in [3.05, 3.63) is 30.9 Å². The molecule has 0 atom stereocenters. The molecule has 6 heteroatoms. The average Bonchev–Trinajstić information content (AvgIpc) is 2.29. The molecule has 0 aliphatic carbocycles. The maximum absolute atomic E-state index is 11.1. The molecule has 0 spiro atoms. The van der Waals surface area contributed by atoms with Crippen molar-refractivity contribution >= 4 is 24.2 Å². The highest BCUT2D eigenvalue weighted by atomic mass is 16.5. The molecule has 16 heavy (non-hydrogen) atoms. The zero-order valence-corrected chi connectivity index (χ0v) is 8.80. The van der Waals surface area contributed by atoms with Crippen LogP contribution in [-0.2, 0) is 4.79 Å². The molecule has 5 nitrogen and oxygen atoms in total. The van der Waals surface area contributed by atoms with Gasteiger partial charge in [0.05, 0.1) is 12.8 Å². The van der Waals surface area contributed by atoms with E-state index in [-0.39, 0.29) is 11.4 Å². The standard InChI is InChI=1S/C10H12BNO4/c1-3-10(13)12-8-5-4-7(11(14)15)6-9(8)16-2/h3-6,14-15H,1H2,2H3,(H,12,13). The summed E-state index contributed by atoms with van der Waals surface area (Å²) < 4.78 is 5.01. The molecule has 0 bridgehead atoms. The van der Waals surface area contributed by atoms with Crippen molar-refractivity contribution in [2.45, 2.75) is 0 Å². The Morgan fingerprint density at radius 1 is 1.56 bits per heavy atom. The first kappa shape index (κ1) is 12.3. The zero-order chi connectivity index (χ0) is 12.1. The van der Waals surface area contributed by atoms with E-state index in [9.17, 15) is 4.79 Å². The van der Waals surface area contributed by atoms with Gasteiger partial charge in [0.1, 0.15) is 5.75 Å². The highest BCUT2D eigenvalue weighted by molar-refractivity contribution is 6.58. The number of hydrogen-bond donors (Lipinski definition) is 3. The molecule has 0 heterocycles. The molecule has 0 aromatic heterocycles. The molecule has 1 rings (SSSR count). The van der Waals surface area contributed by atoms with Gasteiger partial charge in [-0.1, -0.05) is 12.6 Å². The second kappa shape index (κ2) is 5.34. The molecule has 0 saturated carbocycles. The zero-order valence-electron chi connectivity index (χ0n) is 8.80. The molecule has 0 saturated heterocycles. The molecule has 0 unspecified atom stereocenters. The number of carbonyl (C=O) groups is 1. The minimum Gasteiger partial charge on any atom is -0.495 e. The molecular formula is C10H12BNO4. The van der Waals surface area contributed by atoms with Gasteiger partial charge in [-0.15, -0.1) is 0 Å². The number of nitrogens with one attached hydrogen (secondary N) is 1. The minimum atomic E-state index is -1.57. The van der Waals surface area contributed by atoms with Crippen LogP contribution in [0, 0.1) is 0 Å². The predicted octanol–water partition coefficient (Wildman–Crippen LogP) is -0.501. The summed E-state index contributed by atoms with van der Waals surface area (Å²) in [5.74, 6) is -0.0172. The summed E-state index contributed by atoms with van der Waals surface area (Å²) in [6.45, 7) is 3.33.